The molecule has 3 aromatic rings. The maximum absolute atomic E-state index is 14.4. The number of rotatable bonds is 10. The number of nitrogens with two attached hydrogens (primary N) is 1. The number of ether oxygens (including phenoxy) is 1. The molecule has 0 unspecified atom stereocenters. The van der Waals surface area contributed by atoms with Gasteiger partial charge in [-0.25, -0.2) is 9.97 Å². The van der Waals surface area contributed by atoms with Gasteiger partial charge < -0.3 is 30.2 Å². The zero-order valence-electron chi connectivity index (χ0n) is 26.0. The number of fused-ring (bicyclic) bond motifs is 1. The summed E-state index contributed by atoms with van der Waals surface area (Å²) in [6.45, 7) is 3.88. The SMILES string of the molecule is N#Cc1nc(NCC2CCCCC2)c2cc(C(=O)N(CC(N)=O)Cc3ccc(N4CCOCC4)cc3)n(C3CCCCC3)c2n1. The van der Waals surface area contributed by atoms with Gasteiger partial charge in [0, 0.05) is 37.9 Å². The third kappa shape index (κ3) is 7.22. The highest BCUT2D eigenvalue weighted by molar-refractivity contribution is 6.02. The fourth-order valence-electron chi connectivity index (χ4n) is 7.19. The van der Waals surface area contributed by atoms with Crippen LogP contribution in [0.4, 0.5) is 11.5 Å². The topological polar surface area (TPSA) is 142 Å². The van der Waals surface area contributed by atoms with E-state index in [9.17, 15) is 14.9 Å². The Morgan fingerprint density at radius 3 is 2.36 bits per heavy atom. The quantitative estimate of drug-likeness (QED) is 0.334. The molecule has 1 saturated heterocycles. The Hall–Kier alpha value is -4.17. The van der Waals surface area contributed by atoms with Crippen LogP contribution in [0.1, 0.15) is 92.1 Å². The van der Waals surface area contributed by atoms with Gasteiger partial charge in [0.2, 0.25) is 11.7 Å². The van der Waals surface area contributed by atoms with E-state index in [-0.39, 0.29) is 30.9 Å². The maximum atomic E-state index is 14.4. The van der Waals surface area contributed by atoms with Gasteiger partial charge in [-0.15, -0.1) is 0 Å². The number of anilines is 2. The minimum absolute atomic E-state index is 0.0612. The molecule has 1 aromatic carbocycles. The Bertz CT molecular complexity index is 1530. The molecule has 2 saturated carbocycles. The zero-order valence-corrected chi connectivity index (χ0v) is 26.0. The van der Waals surface area contributed by atoms with Crippen molar-refractivity contribution in [2.45, 2.75) is 76.8 Å². The molecule has 0 radical (unpaired) electrons. The molecular formula is C34H44N8O3. The number of carbonyl (C=O) groups is 2. The predicted molar refractivity (Wildman–Crippen MR) is 173 cm³/mol. The van der Waals surface area contributed by atoms with E-state index >= 15 is 0 Å². The molecule has 0 bridgehead atoms. The van der Waals surface area contributed by atoms with Gasteiger partial charge in [-0.2, -0.15) is 5.26 Å². The molecule has 45 heavy (non-hydrogen) atoms. The van der Waals surface area contributed by atoms with Crippen molar-refractivity contribution in [3.63, 3.8) is 0 Å². The fraction of sp³-hybridized carbons (Fsp3) is 0.559. The van der Waals surface area contributed by atoms with Crippen molar-refractivity contribution in [2.24, 2.45) is 11.7 Å². The third-order valence-corrected chi connectivity index (χ3v) is 9.56. The maximum Gasteiger partial charge on any atom is 0.271 e. The molecule has 3 fully saturated rings. The van der Waals surface area contributed by atoms with Crippen LogP contribution in [0.2, 0.25) is 0 Å². The van der Waals surface area contributed by atoms with Crippen molar-refractivity contribution in [2.75, 3.05) is 49.6 Å². The van der Waals surface area contributed by atoms with Gasteiger partial charge in [-0.3, -0.25) is 9.59 Å². The van der Waals surface area contributed by atoms with Gasteiger partial charge in [0.05, 0.1) is 18.6 Å². The lowest BCUT2D eigenvalue weighted by molar-refractivity contribution is -0.118. The summed E-state index contributed by atoms with van der Waals surface area (Å²) in [6.07, 6.45) is 11.2. The van der Waals surface area contributed by atoms with Gasteiger partial charge in [0.25, 0.3) is 5.91 Å². The Morgan fingerprint density at radius 1 is 1.00 bits per heavy atom. The van der Waals surface area contributed by atoms with Crippen LogP contribution in [0.25, 0.3) is 11.0 Å². The standard InChI is InChI=1S/C34H44N8O3/c35-20-31-38-32(37-21-24-7-3-1-4-8-24)28-19-29(42(33(28)39-31)27-9-5-2-6-10-27)34(44)41(23-30(36)43)22-25-11-13-26(14-12-25)40-15-17-45-18-16-40/h11-14,19,24,27H,1-10,15-18,21-23H2,(H2,36,43)(H,37,38,39). The number of nitrogens with zero attached hydrogens (tertiary/aromatic N) is 6. The molecule has 2 aliphatic carbocycles. The van der Waals surface area contributed by atoms with Gasteiger partial charge in [-0.1, -0.05) is 50.7 Å². The number of benzene rings is 1. The van der Waals surface area contributed by atoms with E-state index in [1.165, 1.54) is 37.0 Å². The van der Waals surface area contributed by atoms with E-state index in [0.29, 0.717) is 36.3 Å². The van der Waals surface area contributed by atoms with Crippen LogP contribution in [0, 0.1) is 17.2 Å². The lowest BCUT2D eigenvalue weighted by Gasteiger charge is -2.29. The summed E-state index contributed by atoms with van der Waals surface area (Å²) in [5.74, 6) is 0.362. The molecule has 3 aliphatic rings. The first-order valence-corrected chi connectivity index (χ1v) is 16.6. The Labute approximate surface area is 264 Å². The van der Waals surface area contributed by atoms with E-state index in [1.807, 2.05) is 22.8 Å². The van der Waals surface area contributed by atoms with Crippen molar-refractivity contribution in [3.05, 3.63) is 47.4 Å². The molecule has 0 spiro atoms. The monoisotopic (exact) mass is 612 g/mol. The van der Waals surface area contributed by atoms with Crippen LogP contribution in [0.3, 0.4) is 0 Å². The summed E-state index contributed by atoms with van der Waals surface area (Å²) >= 11 is 0. The number of amides is 2. The molecular weight excluding hydrogens is 568 g/mol. The average Bonchev–Trinajstić information content (AvgIpc) is 3.47. The molecule has 11 nitrogen and oxygen atoms in total. The van der Waals surface area contributed by atoms with E-state index < -0.39 is 5.91 Å². The summed E-state index contributed by atoms with van der Waals surface area (Å²) in [6, 6.07) is 12.2. The molecule has 0 atom stereocenters. The van der Waals surface area contributed by atoms with Crippen molar-refractivity contribution in [3.8, 4) is 6.07 Å². The van der Waals surface area contributed by atoms with Crippen molar-refractivity contribution < 1.29 is 14.3 Å². The second-order valence-electron chi connectivity index (χ2n) is 12.7. The number of hydrogen-bond acceptors (Lipinski definition) is 8. The average molecular weight is 613 g/mol. The second-order valence-corrected chi connectivity index (χ2v) is 12.7. The summed E-state index contributed by atoms with van der Waals surface area (Å²) in [5.41, 5.74) is 8.74. The molecule has 2 amide bonds. The summed E-state index contributed by atoms with van der Waals surface area (Å²) < 4.78 is 7.49. The van der Waals surface area contributed by atoms with Crippen molar-refractivity contribution in [1.82, 2.24) is 19.4 Å². The highest BCUT2D eigenvalue weighted by Crippen LogP contribution is 2.36. The lowest BCUT2D eigenvalue weighted by Crippen LogP contribution is -2.39. The number of nitriles is 1. The number of carbonyl (C=O) groups excluding carboxylic acids is 2. The summed E-state index contributed by atoms with van der Waals surface area (Å²) in [7, 11) is 0. The smallest absolute Gasteiger partial charge is 0.271 e. The number of morpholine rings is 1. The molecule has 11 heteroatoms. The first kappa shape index (κ1) is 30.8. The highest BCUT2D eigenvalue weighted by Gasteiger charge is 2.30. The first-order valence-electron chi connectivity index (χ1n) is 16.6. The zero-order chi connectivity index (χ0) is 31.2. The van der Waals surface area contributed by atoms with Gasteiger partial charge >= 0.3 is 0 Å². The Balaban J connectivity index is 1.34. The normalized spacial score (nSPS) is 18.1. The van der Waals surface area contributed by atoms with Crippen LogP contribution in [-0.2, 0) is 16.1 Å². The molecule has 6 rings (SSSR count). The summed E-state index contributed by atoms with van der Waals surface area (Å²) in [5, 5.41) is 14.1. The summed E-state index contributed by atoms with van der Waals surface area (Å²) in [4.78, 5) is 39.7. The first-order chi connectivity index (χ1) is 22.0. The number of primary amides is 1. The highest BCUT2D eigenvalue weighted by atomic mass is 16.5. The molecule has 2 aromatic heterocycles. The number of aromatic nitrogens is 3. The van der Waals surface area contributed by atoms with Crippen molar-refractivity contribution >= 4 is 34.4 Å². The minimum atomic E-state index is -0.574. The van der Waals surface area contributed by atoms with Crippen LogP contribution >= 0.6 is 0 Å². The fourth-order valence-corrected chi connectivity index (χ4v) is 7.19. The van der Waals surface area contributed by atoms with Gasteiger partial charge in [0.1, 0.15) is 29.8 Å². The van der Waals surface area contributed by atoms with Gasteiger partial charge in [0.15, 0.2) is 0 Å². The molecule has 238 valence electrons. The minimum Gasteiger partial charge on any atom is -0.378 e. The van der Waals surface area contributed by atoms with E-state index in [4.69, 9.17) is 10.5 Å². The molecule has 1 aliphatic heterocycles. The van der Waals surface area contributed by atoms with Gasteiger partial charge in [-0.05, 0) is 55.4 Å². The van der Waals surface area contributed by atoms with Crippen LogP contribution in [-0.4, -0.2) is 70.6 Å². The van der Waals surface area contributed by atoms with Crippen LogP contribution in [0.15, 0.2) is 30.3 Å². The molecule has 3 heterocycles. The Kier molecular flexibility index (Phi) is 9.79. The van der Waals surface area contributed by atoms with E-state index in [1.54, 1.807) is 0 Å². The lowest BCUT2D eigenvalue weighted by atomic mass is 9.89. The largest absolute Gasteiger partial charge is 0.378 e. The number of hydrogen-bond donors (Lipinski definition) is 2. The van der Waals surface area contributed by atoms with E-state index in [0.717, 1.165) is 68.4 Å². The second kappa shape index (κ2) is 14.3. The van der Waals surface area contributed by atoms with Crippen LogP contribution in [0.5, 0.6) is 0 Å². The number of nitrogens with one attached hydrogen (secondary N) is 1. The molecule has 3 N–H and O–H groups in total. The van der Waals surface area contributed by atoms with E-state index in [2.05, 4.69) is 38.4 Å². The van der Waals surface area contributed by atoms with Crippen LogP contribution < -0.4 is 16.0 Å². The van der Waals surface area contributed by atoms with Crippen molar-refractivity contribution in [1.29, 1.82) is 5.26 Å². The third-order valence-electron chi connectivity index (χ3n) is 9.56. The Morgan fingerprint density at radius 2 is 1.69 bits per heavy atom. The predicted octanol–water partition coefficient (Wildman–Crippen LogP) is 4.76.